The molecule has 7 heteroatoms. The van der Waals surface area contributed by atoms with Crippen LogP contribution < -0.4 is 10.2 Å². The molecule has 6 nitrogen and oxygen atoms in total. The van der Waals surface area contributed by atoms with Crippen LogP contribution in [0.1, 0.15) is 52.5 Å². The molecule has 4 rings (SSSR count). The molecule has 2 saturated heterocycles. The fourth-order valence-electron chi connectivity index (χ4n) is 5.15. The topological polar surface area (TPSA) is 57.7 Å². The lowest BCUT2D eigenvalue weighted by Crippen LogP contribution is -2.47. The van der Waals surface area contributed by atoms with Crippen molar-refractivity contribution < 1.29 is 13.9 Å². The average molecular weight is 471 g/mol. The highest BCUT2D eigenvalue weighted by Gasteiger charge is 2.37. The molecule has 0 aliphatic carbocycles. The van der Waals surface area contributed by atoms with Gasteiger partial charge in [0, 0.05) is 49.5 Å². The number of carbonyl (C=O) groups excluding carboxylic acids is 1. The number of aryl methyl sites for hydroxylation is 1. The Morgan fingerprint density at radius 1 is 1.24 bits per heavy atom. The molecule has 0 radical (unpaired) electrons. The molecule has 0 spiro atoms. The lowest BCUT2D eigenvalue weighted by Gasteiger charge is -2.37. The second-order valence-electron chi connectivity index (χ2n) is 11.1. The number of amides is 1. The average Bonchev–Trinajstić information content (AvgIpc) is 3.13. The maximum Gasteiger partial charge on any atom is 0.410 e. The fraction of sp³-hybridized carbons (Fsp3) is 0.630. The van der Waals surface area contributed by atoms with E-state index in [-0.39, 0.29) is 6.09 Å². The van der Waals surface area contributed by atoms with Crippen LogP contribution in [0.15, 0.2) is 30.5 Å². The van der Waals surface area contributed by atoms with Gasteiger partial charge >= 0.3 is 6.09 Å². The number of nitrogens with one attached hydrogen (secondary N) is 1. The van der Waals surface area contributed by atoms with Crippen molar-refractivity contribution in [2.24, 2.45) is 5.92 Å². The lowest BCUT2D eigenvalue weighted by atomic mass is 9.90. The van der Waals surface area contributed by atoms with Gasteiger partial charge in [0.15, 0.2) is 0 Å². The van der Waals surface area contributed by atoms with Crippen LogP contribution in [0.2, 0.25) is 0 Å². The van der Waals surface area contributed by atoms with Gasteiger partial charge in [0.2, 0.25) is 0 Å². The fourth-order valence-corrected chi connectivity index (χ4v) is 5.15. The van der Waals surface area contributed by atoms with Gasteiger partial charge in [-0.05, 0) is 83.2 Å². The molecule has 2 aliphatic heterocycles. The maximum absolute atomic E-state index is 15.4. The summed E-state index contributed by atoms with van der Waals surface area (Å²) in [7, 11) is 0. The molecule has 0 saturated carbocycles. The highest BCUT2D eigenvalue weighted by atomic mass is 19.1. The number of aromatic nitrogens is 1. The molecule has 0 bridgehead atoms. The Balaban J connectivity index is 1.28. The summed E-state index contributed by atoms with van der Waals surface area (Å²) in [6.45, 7) is 13.2. The van der Waals surface area contributed by atoms with Crippen LogP contribution >= 0.6 is 0 Å². The summed E-state index contributed by atoms with van der Waals surface area (Å²) in [4.78, 5) is 20.9. The molecule has 2 aromatic rings. The zero-order chi connectivity index (χ0) is 24.5. The van der Waals surface area contributed by atoms with Gasteiger partial charge in [-0.3, -0.25) is 4.98 Å². The van der Waals surface area contributed by atoms with Crippen molar-refractivity contribution in [1.29, 1.82) is 0 Å². The SMILES string of the molecule is Cc1ccc(N2C[C@@H](C)[C@@H](NCCC3(F)CCN(C(=O)OC(C)(C)C)CC3)C2)c2cccnc12. The molecule has 34 heavy (non-hydrogen) atoms. The second-order valence-corrected chi connectivity index (χ2v) is 11.1. The molecule has 2 fully saturated rings. The molecule has 186 valence electrons. The van der Waals surface area contributed by atoms with Crippen LogP contribution in [0.3, 0.4) is 0 Å². The molecular formula is C27H39FN4O2. The van der Waals surface area contributed by atoms with Crippen molar-refractivity contribution in [2.75, 3.05) is 37.6 Å². The molecule has 0 unspecified atom stereocenters. The van der Waals surface area contributed by atoms with E-state index in [0.717, 1.165) is 18.6 Å². The predicted octanol–water partition coefficient (Wildman–Crippen LogP) is 5.09. The number of piperidine rings is 1. The number of halogens is 1. The number of benzene rings is 1. The van der Waals surface area contributed by atoms with Crippen molar-refractivity contribution in [2.45, 2.75) is 71.2 Å². The maximum atomic E-state index is 15.4. The third kappa shape index (κ3) is 5.62. The first-order valence-corrected chi connectivity index (χ1v) is 12.5. The summed E-state index contributed by atoms with van der Waals surface area (Å²) in [5.41, 5.74) is 1.71. The van der Waals surface area contributed by atoms with Crippen molar-refractivity contribution in [3.63, 3.8) is 0 Å². The number of likely N-dealkylation sites (tertiary alicyclic amines) is 1. The van der Waals surface area contributed by atoms with E-state index in [1.54, 1.807) is 4.90 Å². The number of nitrogens with zero attached hydrogens (tertiary/aromatic N) is 3. The van der Waals surface area contributed by atoms with Crippen molar-refractivity contribution in [1.82, 2.24) is 15.2 Å². The van der Waals surface area contributed by atoms with E-state index in [0.29, 0.717) is 50.9 Å². The Kier molecular flexibility index (Phi) is 7.04. The normalized spacial score (nSPS) is 22.9. The predicted molar refractivity (Wildman–Crippen MR) is 135 cm³/mol. The Hall–Kier alpha value is -2.41. The first-order chi connectivity index (χ1) is 16.0. The summed E-state index contributed by atoms with van der Waals surface area (Å²) in [5, 5.41) is 4.82. The molecule has 1 aromatic heterocycles. The molecule has 1 amide bonds. The van der Waals surface area contributed by atoms with Gasteiger partial charge in [-0.2, -0.15) is 0 Å². The van der Waals surface area contributed by atoms with E-state index < -0.39 is 11.3 Å². The van der Waals surface area contributed by atoms with E-state index in [1.165, 1.54) is 16.6 Å². The van der Waals surface area contributed by atoms with Gasteiger partial charge < -0.3 is 19.9 Å². The summed E-state index contributed by atoms with van der Waals surface area (Å²) in [5.74, 6) is 0.470. The number of alkyl halides is 1. The third-order valence-electron chi connectivity index (χ3n) is 7.19. The minimum Gasteiger partial charge on any atom is -0.444 e. The van der Waals surface area contributed by atoms with Gasteiger partial charge in [0.05, 0.1) is 5.52 Å². The largest absolute Gasteiger partial charge is 0.444 e. The summed E-state index contributed by atoms with van der Waals surface area (Å²) >= 11 is 0. The number of fused-ring (bicyclic) bond motifs is 1. The van der Waals surface area contributed by atoms with Crippen LogP contribution in [0, 0.1) is 12.8 Å². The standard InChI is InChI=1S/C27H39FN4O2/c1-19-8-9-23(21-7-6-13-30-24(19)21)32-17-20(2)22(18-32)29-14-10-27(28)11-15-31(16-12-27)25(33)34-26(3,4)5/h6-9,13,20,22,29H,10-12,14-18H2,1-5H3/t20-,22+/m1/s1. The summed E-state index contributed by atoms with van der Waals surface area (Å²) < 4.78 is 20.9. The van der Waals surface area contributed by atoms with E-state index in [1.807, 2.05) is 33.0 Å². The van der Waals surface area contributed by atoms with Gasteiger partial charge in [-0.25, -0.2) is 9.18 Å². The molecule has 2 aliphatic rings. The first kappa shape index (κ1) is 24.7. The van der Waals surface area contributed by atoms with Gasteiger partial charge in [0.1, 0.15) is 11.3 Å². The number of carbonyl (C=O) groups is 1. The number of ether oxygens (including phenoxy) is 1. The van der Waals surface area contributed by atoms with Crippen LogP contribution in [0.5, 0.6) is 0 Å². The highest BCUT2D eigenvalue weighted by molar-refractivity contribution is 5.93. The molecule has 3 heterocycles. The Labute approximate surface area is 202 Å². The zero-order valence-electron chi connectivity index (χ0n) is 21.2. The number of anilines is 1. The minimum atomic E-state index is -1.23. The van der Waals surface area contributed by atoms with E-state index in [9.17, 15) is 4.79 Å². The smallest absolute Gasteiger partial charge is 0.410 e. The van der Waals surface area contributed by atoms with Gasteiger partial charge in [-0.1, -0.05) is 13.0 Å². The first-order valence-electron chi connectivity index (χ1n) is 12.5. The molecule has 2 atom stereocenters. The second kappa shape index (κ2) is 9.68. The van der Waals surface area contributed by atoms with Crippen LogP contribution in [-0.2, 0) is 4.74 Å². The van der Waals surface area contributed by atoms with Gasteiger partial charge in [-0.15, -0.1) is 0 Å². The van der Waals surface area contributed by atoms with Crippen molar-refractivity contribution in [3.05, 3.63) is 36.0 Å². The van der Waals surface area contributed by atoms with Crippen molar-refractivity contribution >= 4 is 22.7 Å². The molecular weight excluding hydrogens is 431 g/mol. The number of pyridine rings is 1. The zero-order valence-corrected chi connectivity index (χ0v) is 21.2. The van der Waals surface area contributed by atoms with Gasteiger partial charge in [0.25, 0.3) is 0 Å². The summed E-state index contributed by atoms with van der Waals surface area (Å²) in [6, 6.07) is 8.80. The summed E-state index contributed by atoms with van der Waals surface area (Å²) in [6.07, 6.45) is 2.70. The number of hydrogen-bond acceptors (Lipinski definition) is 5. The van der Waals surface area contributed by atoms with Crippen LogP contribution in [0.4, 0.5) is 14.9 Å². The van der Waals surface area contributed by atoms with Crippen LogP contribution in [-0.4, -0.2) is 66.0 Å². The van der Waals surface area contributed by atoms with Crippen molar-refractivity contribution in [3.8, 4) is 0 Å². The molecule has 1 N–H and O–H groups in total. The monoisotopic (exact) mass is 470 g/mol. The van der Waals surface area contributed by atoms with E-state index in [4.69, 9.17) is 4.74 Å². The molecule has 1 aromatic carbocycles. The van der Waals surface area contributed by atoms with E-state index in [2.05, 4.69) is 47.2 Å². The quantitative estimate of drug-likeness (QED) is 0.660. The lowest BCUT2D eigenvalue weighted by molar-refractivity contribution is 0.00147. The Bertz CT molecular complexity index is 1010. The third-order valence-corrected chi connectivity index (χ3v) is 7.19. The van der Waals surface area contributed by atoms with E-state index >= 15 is 4.39 Å². The number of rotatable bonds is 5. The van der Waals surface area contributed by atoms with Crippen LogP contribution in [0.25, 0.3) is 10.9 Å². The Morgan fingerprint density at radius 2 is 1.97 bits per heavy atom. The minimum absolute atomic E-state index is 0.318. The highest BCUT2D eigenvalue weighted by Crippen LogP contribution is 2.33. The Morgan fingerprint density at radius 3 is 2.68 bits per heavy atom. The number of hydrogen-bond donors (Lipinski definition) is 1.